The van der Waals surface area contributed by atoms with Crippen LogP contribution < -0.4 is 0 Å². The van der Waals surface area contributed by atoms with Crippen LogP contribution in [-0.2, 0) is 0 Å². The lowest BCUT2D eigenvalue weighted by Gasteiger charge is -2.12. The molecule has 0 unspecified atom stereocenters. The summed E-state index contributed by atoms with van der Waals surface area (Å²) in [7, 11) is 0. The van der Waals surface area contributed by atoms with E-state index in [0.717, 1.165) is 87.9 Å². The Labute approximate surface area is 297 Å². The van der Waals surface area contributed by atoms with Crippen LogP contribution in [0, 0.1) is 0 Å². The number of hydrogen-bond acceptors (Lipinski definition) is 5. The molecule has 0 aliphatic rings. The second-order valence-corrected chi connectivity index (χ2v) is 13.1. The summed E-state index contributed by atoms with van der Waals surface area (Å²) in [5.41, 5.74) is 7.96. The molecule has 242 valence electrons. The van der Waals surface area contributed by atoms with Crippen LogP contribution in [-0.4, -0.2) is 15.0 Å². The zero-order valence-electron chi connectivity index (χ0n) is 27.7. The Morgan fingerprint density at radius 2 is 0.865 bits per heavy atom. The van der Waals surface area contributed by atoms with Crippen molar-refractivity contribution in [2.45, 2.75) is 0 Å². The van der Waals surface area contributed by atoms with E-state index in [9.17, 15) is 0 Å². The molecule has 5 heteroatoms. The Bertz CT molecular complexity index is 3190. The summed E-state index contributed by atoms with van der Waals surface area (Å²) < 4.78 is 13.2. The van der Waals surface area contributed by atoms with Gasteiger partial charge in [0, 0.05) is 49.4 Å². The summed E-state index contributed by atoms with van der Waals surface area (Å²) in [5, 5.41) is 8.69. The van der Waals surface area contributed by atoms with Crippen molar-refractivity contribution in [1.82, 2.24) is 15.0 Å². The minimum atomic E-state index is 0.583. The average molecular weight is 666 g/mol. The molecule has 3 heterocycles. The van der Waals surface area contributed by atoms with Gasteiger partial charge in [-0.15, -0.1) is 0 Å². The monoisotopic (exact) mass is 665 g/mol. The van der Waals surface area contributed by atoms with Gasteiger partial charge in [0.15, 0.2) is 17.5 Å². The highest BCUT2D eigenvalue weighted by molar-refractivity contribution is 6.18. The fraction of sp³-hybridized carbons (Fsp3) is 0. The number of benzene rings is 8. The summed E-state index contributed by atoms with van der Waals surface area (Å²) in [6, 6.07) is 56.1. The van der Waals surface area contributed by atoms with Crippen LogP contribution in [0.5, 0.6) is 0 Å². The molecule has 0 atom stereocenters. The third-order valence-electron chi connectivity index (χ3n) is 10.1. The van der Waals surface area contributed by atoms with Gasteiger partial charge in [0.2, 0.25) is 0 Å². The molecule has 5 nitrogen and oxygen atoms in total. The van der Waals surface area contributed by atoms with Gasteiger partial charge < -0.3 is 8.83 Å². The minimum Gasteiger partial charge on any atom is -0.455 e. The fourth-order valence-corrected chi connectivity index (χ4v) is 7.78. The number of furan rings is 2. The Kier molecular flexibility index (Phi) is 6.18. The van der Waals surface area contributed by atoms with Gasteiger partial charge in [-0.2, -0.15) is 0 Å². The fourth-order valence-electron chi connectivity index (χ4n) is 7.78. The van der Waals surface area contributed by atoms with Crippen molar-refractivity contribution in [3.63, 3.8) is 0 Å². The highest BCUT2D eigenvalue weighted by Gasteiger charge is 2.22. The second kappa shape index (κ2) is 11.2. The topological polar surface area (TPSA) is 65.0 Å². The summed E-state index contributed by atoms with van der Waals surface area (Å²) in [6.45, 7) is 0. The van der Waals surface area contributed by atoms with Crippen LogP contribution in [0.3, 0.4) is 0 Å². The number of aromatic nitrogens is 3. The first-order valence-corrected chi connectivity index (χ1v) is 17.4. The quantitative estimate of drug-likeness (QED) is 0.175. The smallest absolute Gasteiger partial charge is 0.164 e. The van der Waals surface area contributed by atoms with E-state index >= 15 is 0 Å². The third-order valence-corrected chi connectivity index (χ3v) is 10.1. The lowest BCUT2D eigenvalue weighted by Crippen LogP contribution is -2.01. The van der Waals surface area contributed by atoms with Crippen LogP contribution in [0.25, 0.3) is 111 Å². The molecule has 0 amide bonds. The van der Waals surface area contributed by atoms with Gasteiger partial charge in [-0.1, -0.05) is 146 Å². The molecule has 3 aromatic heterocycles. The van der Waals surface area contributed by atoms with Crippen molar-refractivity contribution >= 4 is 65.4 Å². The minimum absolute atomic E-state index is 0.583. The Morgan fingerprint density at radius 3 is 1.69 bits per heavy atom. The molecule has 0 aliphatic heterocycles. The molecular weight excluding hydrogens is 639 g/mol. The van der Waals surface area contributed by atoms with Crippen molar-refractivity contribution in [2.75, 3.05) is 0 Å². The number of para-hydroxylation sites is 3. The predicted molar refractivity (Wildman–Crippen MR) is 211 cm³/mol. The molecule has 0 saturated carbocycles. The zero-order chi connectivity index (χ0) is 34.2. The van der Waals surface area contributed by atoms with Gasteiger partial charge in [0.1, 0.15) is 22.3 Å². The van der Waals surface area contributed by atoms with E-state index in [1.54, 1.807) is 0 Å². The molecule has 0 fully saturated rings. The number of fused-ring (bicyclic) bond motifs is 9. The molecule has 0 aliphatic carbocycles. The normalized spacial score (nSPS) is 11.8. The largest absolute Gasteiger partial charge is 0.455 e. The lowest BCUT2D eigenvalue weighted by atomic mass is 9.96. The van der Waals surface area contributed by atoms with Gasteiger partial charge >= 0.3 is 0 Å². The van der Waals surface area contributed by atoms with Crippen LogP contribution in [0.4, 0.5) is 0 Å². The van der Waals surface area contributed by atoms with E-state index < -0.39 is 0 Å². The Balaban J connectivity index is 1.17. The number of nitrogens with zero attached hydrogens (tertiary/aromatic N) is 3. The standard InChI is InChI=1S/C47H27N3O2/c1-2-13-28(14-3-1)45-48-46(50-47(49-45)39-27-29-15-4-5-16-30(29)31-17-6-7-18-32(31)39)38-24-12-26-41-42(38)37-23-11-22-36(44(37)52-41)35-21-10-20-34-33-19-8-9-25-40(33)51-43(34)35/h1-27H. The maximum Gasteiger partial charge on any atom is 0.164 e. The summed E-state index contributed by atoms with van der Waals surface area (Å²) in [6.07, 6.45) is 0. The molecule has 11 rings (SSSR count). The number of hydrogen-bond donors (Lipinski definition) is 0. The molecule has 11 aromatic rings. The van der Waals surface area contributed by atoms with Crippen molar-refractivity contribution in [2.24, 2.45) is 0 Å². The van der Waals surface area contributed by atoms with Crippen molar-refractivity contribution in [3.8, 4) is 45.3 Å². The van der Waals surface area contributed by atoms with Gasteiger partial charge in [0.25, 0.3) is 0 Å². The van der Waals surface area contributed by atoms with Crippen LogP contribution >= 0.6 is 0 Å². The van der Waals surface area contributed by atoms with Crippen molar-refractivity contribution in [3.05, 3.63) is 164 Å². The van der Waals surface area contributed by atoms with Gasteiger partial charge in [0.05, 0.1) is 0 Å². The van der Waals surface area contributed by atoms with Crippen molar-refractivity contribution in [1.29, 1.82) is 0 Å². The predicted octanol–water partition coefficient (Wildman–Crippen LogP) is 12.6. The average Bonchev–Trinajstić information content (AvgIpc) is 3.80. The SMILES string of the molecule is c1ccc(-c2nc(-c3cc4ccccc4c4ccccc34)nc(-c3cccc4oc5c(-c6cccc7c6oc6ccccc67)cccc5c34)n2)cc1. The molecule has 0 spiro atoms. The molecule has 0 radical (unpaired) electrons. The Morgan fingerprint density at radius 1 is 0.327 bits per heavy atom. The third kappa shape index (κ3) is 4.33. The first-order valence-electron chi connectivity index (χ1n) is 17.4. The molecule has 8 aromatic carbocycles. The summed E-state index contributed by atoms with van der Waals surface area (Å²) in [5.74, 6) is 1.81. The van der Waals surface area contributed by atoms with E-state index in [1.807, 2.05) is 60.7 Å². The van der Waals surface area contributed by atoms with E-state index in [-0.39, 0.29) is 0 Å². The van der Waals surface area contributed by atoms with E-state index in [4.69, 9.17) is 23.8 Å². The Hall–Kier alpha value is -7.11. The molecule has 0 N–H and O–H groups in total. The van der Waals surface area contributed by atoms with E-state index in [1.165, 1.54) is 5.39 Å². The maximum atomic E-state index is 6.75. The highest BCUT2D eigenvalue weighted by atomic mass is 16.3. The molecule has 52 heavy (non-hydrogen) atoms. The van der Waals surface area contributed by atoms with Crippen molar-refractivity contribution < 1.29 is 8.83 Å². The van der Waals surface area contributed by atoms with Gasteiger partial charge in [-0.25, -0.2) is 15.0 Å². The number of rotatable bonds is 4. The maximum absolute atomic E-state index is 6.75. The van der Waals surface area contributed by atoms with Gasteiger partial charge in [-0.3, -0.25) is 0 Å². The zero-order valence-corrected chi connectivity index (χ0v) is 27.7. The van der Waals surface area contributed by atoms with Gasteiger partial charge in [-0.05, 0) is 39.7 Å². The summed E-state index contributed by atoms with van der Waals surface area (Å²) in [4.78, 5) is 15.5. The molecule has 0 bridgehead atoms. The first-order chi connectivity index (χ1) is 25.8. The second-order valence-electron chi connectivity index (χ2n) is 13.1. The highest BCUT2D eigenvalue weighted by Crippen LogP contribution is 2.43. The molecule has 0 saturated heterocycles. The van der Waals surface area contributed by atoms with E-state index in [0.29, 0.717) is 17.5 Å². The molecular formula is C47H27N3O2. The van der Waals surface area contributed by atoms with Crippen LogP contribution in [0.2, 0.25) is 0 Å². The first kappa shape index (κ1) is 28.7. The van der Waals surface area contributed by atoms with Crippen LogP contribution in [0.1, 0.15) is 0 Å². The van der Waals surface area contributed by atoms with Crippen LogP contribution in [0.15, 0.2) is 173 Å². The summed E-state index contributed by atoms with van der Waals surface area (Å²) >= 11 is 0. The van der Waals surface area contributed by atoms with E-state index in [2.05, 4.69) is 103 Å². The lowest BCUT2D eigenvalue weighted by molar-refractivity contribution is 0.665.